The largest absolute Gasteiger partial charge is 0.449 e. The molecule has 2 aromatic rings. The summed E-state index contributed by atoms with van der Waals surface area (Å²) in [5.41, 5.74) is 0.658. The van der Waals surface area contributed by atoms with Crippen molar-refractivity contribution < 1.29 is 19.2 Å². The number of nitro benzene ring substituents is 1. The number of benzene rings is 2. The minimum absolute atomic E-state index is 0.00221. The van der Waals surface area contributed by atoms with E-state index < -0.39 is 22.9 Å². The first-order valence-electron chi connectivity index (χ1n) is 7.35. The summed E-state index contributed by atoms with van der Waals surface area (Å²) in [4.78, 5) is 34.4. The quantitative estimate of drug-likeness (QED) is 0.451. The fourth-order valence-electron chi connectivity index (χ4n) is 1.99. The Bertz CT molecular complexity index is 795. The molecule has 0 aliphatic rings. The smallest absolute Gasteiger partial charge is 0.339 e. The fourth-order valence-corrected chi connectivity index (χ4v) is 2.38. The maximum atomic E-state index is 12.1. The molecular formula is C17H15BrN2O5. The molecule has 0 unspecified atom stereocenters. The third-order valence-corrected chi connectivity index (χ3v) is 4.01. The highest BCUT2D eigenvalue weighted by atomic mass is 79.9. The average molecular weight is 407 g/mol. The van der Waals surface area contributed by atoms with Crippen molar-refractivity contribution in [2.24, 2.45) is 0 Å². The standard InChI is InChI=1S/C17H15BrN2O5/c1-11(16(21)19-10-12-5-3-2-4-6-12)25-17(22)13-7-8-14(18)15(9-13)20(23)24/h2-9,11H,10H2,1H3,(H,19,21)/t11-/m1/s1. The molecule has 0 bridgehead atoms. The summed E-state index contributed by atoms with van der Waals surface area (Å²) in [7, 11) is 0. The highest BCUT2D eigenvalue weighted by Crippen LogP contribution is 2.26. The van der Waals surface area contributed by atoms with E-state index in [0.717, 1.165) is 11.6 Å². The Kier molecular flexibility index (Phi) is 6.24. The Morgan fingerprint density at radius 3 is 2.56 bits per heavy atom. The first-order chi connectivity index (χ1) is 11.9. The van der Waals surface area contributed by atoms with Crippen molar-refractivity contribution in [1.29, 1.82) is 0 Å². The van der Waals surface area contributed by atoms with Gasteiger partial charge in [-0.2, -0.15) is 0 Å². The van der Waals surface area contributed by atoms with Gasteiger partial charge in [0.2, 0.25) is 0 Å². The Balaban J connectivity index is 1.96. The summed E-state index contributed by atoms with van der Waals surface area (Å²) in [6.45, 7) is 1.75. The number of nitro groups is 1. The van der Waals surface area contributed by atoms with Gasteiger partial charge >= 0.3 is 5.97 Å². The molecule has 0 spiro atoms. The normalized spacial score (nSPS) is 11.4. The van der Waals surface area contributed by atoms with Crippen LogP contribution in [0.4, 0.5) is 5.69 Å². The fraction of sp³-hybridized carbons (Fsp3) is 0.176. The van der Waals surface area contributed by atoms with E-state index in [0.29, 0.717) is 6.54 Å². The number of amides is 1. The molecule has 7 nitrogen and oxygen atoms in total. The maximum absolute atomic E-state index is 12.1. The summed E-state index contributed by atoms with van der Waals surface area (Å²) < 4.78 is 5.32. The van der Waals surface area contributed by atoms with Crippen molar-refractivity contribution in [2.75, 3.05) is 0 Å². The summed E-state index contributed by atoms with van der Waals surface area (Å²) in [6.07, 6.45) is -1.03. The summed E-state index contributed by atoms with van der Waals surface area (Å²) >= 11 is 3.04. The van der Waals surface area contributed by atoms with Gasteiger partial charge in [0, 0.05) is 12.6 Å². The summed E-state index contributed by atoms with van der Waals surface area (Å²) in [5, 5.41) is 13.6. The lowest BCUT2D eigenvalue weighted by atomic mass is 10.2. The van der Waals surface area contributed by atoms with Crippen LogP contribution in [0.1, 0.15) is 22.8 Å². The highest BCUT2D eigenvalue weighted by Gasteiger charge is 2.21. The van der Waals surface area contributed by atoms with Gasteiger partial charge in [0.25, 0.3) is 11.6 Å². The number of esters is 1. The van der Waals surface area contributed by atoms with Gasteiger partial charge in [-0.3, -0.25) is 14.9 Å². The van der Waals surface area contributed by atoms with E-state index >= 15 is 0 Å². The molecular weight excluding hydrogens is 392 g/mol. The molecule has 8 heteroatoms. The van der Waals surface area contributed by atoms with Crippen LogP contribution in [0.15, 0.2) is 53.0 Å². The van der Waals surface area contributed by atoms with Gasteiger partial charge in [0.1, 0.15) is 0 Å². The van der Waals surface area contributed by atoms with Crippen LogP contribution in [-0.4, -0.2) is 22.9 Å². The van der Waals surface area contributed by atoms with Crippen molar-refractivity contribution >= 4 is 33.5 Å². The van der Waals surface area contributed by atoms with E-state index in [-0.39, 0.29) is 15.7 Å². The van der Waals surface area contributed by atoms with E-state index in [1.54, 1.807) is 0 Å². The number of carbonyl (C=O) groups excluding carboxylic acids is 2. The Morgan fingerprint density at radius 2 is 1.92 bits per heavy atom. The predicted molar refractivity (Wildman–Crippen MR) is 94.0 cm³/mol. The number of halogens is 1. The van der Waals surface area contributed by atoms with Crippen LogP contribution >= 0.6 is 15.9 Å². The third kappa shape index (κ3) is 5.12. The lowest BCUT2D eigenvalue weighted by Crippen LogP contribution is -2.35. The Morgan fingerprint density at radius 1 is 1.24 bits per heavy atom. The van der Waals surface area contributed by atoms with Crippen LogP contribution in [0.5, 0.6) is 0 Å². The lowest BCUT2D eigenvalue weighted by molar-refractivity contribution is -0.385. The van der Waals surface area contributed by atoms with Crippen LogP contribution in [0.2, 0.25) is 0 Å². The summed E-state index contributed by atoms with van der Waals surface area (Å²) in [6, 6.07) is 13.2. The molecule has 0 radical (unpaired) electrons. The Hall–Kier alpha value is -2.74. The lowest BCUT2D eigenvalue weighted by Gasteiger charge is -2.13. The van der Waals surface area contributed by atoms with Crippen LogP contribution in [-0.2, 0) is 16.1 Å². The Labute approximate surface area is 152 Å². The van der Waals surface area contributed by atoms with Crippen LogP contribution < -0.4 is 5.32 Å². The molecule has 0 saturated carbocycles. The van der Waals surface area contributed by atoms with E-state index in [2.05, 4.69) is 21.2 Å². The van der Waals surface area contributed by atoms with Crippen LogP contribution in [0.3, 0.4) is 0 Å². The van der Waals surface area contributed by atoms with Gasteiger partial charge in [-0.1, -0.05) is 30.3 Å². The summed E-state index contributed by atoms with van der Waals surface area (Å²) in [5.74, 6) is -1.26. The molecule has 0 heterocycles. The SMILES string of the molecule is C[C@@H](OC(=O)c1ccc(Br)c([N+](=O)[O-])c1)C(=O)NCc1ccccc1. The zero-order chi connectivity index (χ0) is 18.4. The predicted octanol–water partition coefficient (Wildman–Crippen LogP) is 3.22. The minimum Gasteiger partial charge on any atom is -0.449 e. The van der Waals surface area contributed by atoms with Crippen molar-refractivity contribution in [1.82, 2.24) is 5.32 Å². The number of nitrogens with one attached hydrogen (secondary N) is 1. The zero-order valence-corrected chi connectivity index (χ0v) is 14.9. The maximum Gasteiger partial charge on any atom is 0.339 e. The van der Waals surface area contributed by atoms with Gasteiger partial charge in [0.15, 0.2) is 6.10 Å². The van der Waals surface area contributed by atoms with Crippen LogP contribution in [0.25, 0.3) is 0 Å². The van der Waals surface area contributed by atoms with Crippen molar-refractivity contribution in [3.8, 4) is 0 Å². The molecule has 2 aromatic carbocycles. The molecule has 130 valence electrons. The van der Waals surface area contributed by atoms with Gasteiger partial charge in [-0.05, 0) is 40.5 Å². The second kappa shape index (κ2) is 8.39. The van der Waals surface area contributed by atoms with Crippen molar-refractivity contribution in [2.45, 2.75) is 19.6 Å². The number of hydrogen-bond acceptors (Lipinski definition) is 5. The van der Waals surface area contributed by atoms with E-state index in [9.17, 15) is 19.7 Å². The van der Waals surface area contributed by atoms with Gasteiger partial charge < -0.3 is 10.1 Å². The van der Waals surface area contributed by atoms with Crippen molar-refractivity contribution in [3.05, 3.63) is 74.2 Å². The number of ether oxygens (including phenoxy) is 1. The second-order valence-corrected chi connectivity index (χ2v) is 6.03. The molecule has 0 aromatic heterocycles. The molecule has 2 rings (SSSR count). The molecule has 1 amide bonds. The van der Waals surface area contributed by atoms with Gasteiger partial charge in [0.05, 0.1) is 15.0 Å². The van der Waals surface area contributed by atoms with Crippen LogP contribution in [0, 0.1) is 10.1 Å². The second-order valence-electron chi connectivity index (χ2n) is 5.17. The zero-order valence-electron chi connectivity index (χ0n) is 13.3. The molecule has 1 atom stereocenters. The molecule has 0 aliphatic heterocycles. The topological polar surface area (TPSA) is 98.5 Å². The number of hydrogen-bond donors (Lipinski definition) is 1. The third-order valence-electron chi connectivity index (χ3n) is 3.34. The monoisotopic (exact) mass is 406 g/mol. The first kappa shape index (κ1) is 18.6. The number of nitrogens with zero attached hydrogens (tertiary/aromatic N) is 1. The highest BCUT2D eigenvalue weighted by molar-refractivity contribution is 9.10. The average Bonchev–Trinajstić information content (AvgIpc) is 2.60. The van der Waals surface area contributed by atoms with Gasteiger partial charge in [-0.15, -0.1) is 0 Å². The van der Waals surface area contributed by atoms with Crippen molar-refractivity contribution in [3.63, 3.8) is 0 Å². The van der Waals surface area contributed by atoms with E-state index in [4.69, 9.17) is 4.74 Å². The number of rotatable bonds is 6. The van der Waals surface area contributed by atoms with E-state index in [1.807, 2.05) is 30.3 Å². The van der Waals surface area contributed by atoms with Gasteiger partial charge in [-0.25, -0.2) is 4.79 Å². The molecule has 1 N–H and O–H groups in total. The molecule has 0 aliphatic carbocycles. The molecule has 25 heavy (non-hydrogen) atoms. The van der Waals surface area contributed by atoms with E-state index in [1.165, 1.54) is 19.1 Å². The molecule has 0 fully saturated rings. The molecule has 0 saturated heterocycles. The number of carbonyl (C=O) groups is 2. The first-order valence-corrected chi connectivity index (χ1v) is 8.14. The minimum atomic E-state index is -1.03.